The minimum Gasteiger partial charge on any atom is -0.368 e. The topological polar surface area (TPSA) is 44.6 Å². The van der Waals surface area contributed by atoms with Crippen LogP contribution in [0.25, 0.3) is 0 Å². The Kier molecular flexibility index (Phi) is 4.76. The molecule has 1 amide bonds. The van der Waals surface area contributed by atoms with Crippen LogP contribution < -0.4 is 9.80 Å². The van der Waals surface area contributed by atoms with Gasteiger partial charge in [-0.25, -0.2) is 4.68 Å². The van der Waals surface area contributed by atoms with Gasteiger partial charge in [0, 0.05) is 56.0 Å². The molecule has 3 heterocycles. The average molecular weight is 374 g/mol. The van der Waals surface area contributed by atoms with Gasteiger partial charge in [0.05, 0.1) is 12.2 Å². The fourth-order valence-electron chi connectivity index (χ4n) is 3.77. The Morgan fingerprint density at radius 2 is 1.81 bits per heavy atom. The fraction of sp³-hybridized carbons (Fsp3) is 0.474. The van der Waals surface area contributed by atoms with E-state index in [0.29, 0.717) is 6.54 Å². The van der Waals surface area contributed by atoms with Crippen molar-refractivity contribution >= 4 is 29.0 Å². The van der Waals surface area contributed by atoms with Gasteiger partial charge in [-0.3, -0.25) is 4.79 Å². The Balaban J connectivity index is 1.35. The number of halogens is 1. The summed E-state index contributed by atoms with van der Waals surface area (Å²) in [5.41, 5.74) is 2.17. The number of piperazine rings is 1. The summed E-state index contributed by atoms with van der Waals surface area (Å²) in [6, 6.07) is 9.98. The number of aryl methyl sites for hydroxylation is 2. The Hall–Kier alpha value is -2.21. The van der Waals surface area contributed by atoms with Crippen LogP contribution in [0.5, 0.6) is 0 Å². The summed E-state index contributed by atoms with van der Waals surface area (Å²) in [5.74, 6) is 1.27. The molecule has 7 heteroatoms. The van der Waals surface area contributed by atoms with Crippen molar-refractivity contribution in [3.05, 3.63) is 41.0 Å². The molecule has 1 aromatic carbocycles. The molecule has 138 valence electrons. The van der Waals surface area contributed by atoms with Crippen molar-refractivity contribution in [1.82, 2.24) is 14.7 Å². The predicted octanol–water partition coefficient (Wildman–Crippen LogP) is 2.40. The van der Waals surface area contributed by atoms with E-state index in [2.05, 4.69) is 21.0 Å². The number of aromatic nitrogens is 2. The second-order valence-electron chi connectivity index (χ2n) is 6.99. The number of benzene rings is 1. The van der Waals surface area contributed by atoms with Gasteiger partial charge in [0.25, 0.3) is 0 Å². The molecule has 2 aliphatic rings. The lowest BCUT2D eigenvalue weighted by Gasteiger charge is -2.37. The molecule has 0 radical (unpaired) electrons. The number of fused-ring (bicyclic) bond motifs is 1. The molecule has 2 aromatic rings. The smallest absolute Gasteiger partial charge is 0.242 e. The summed E-state index contributed by atoms with van der Waals surface area (Å²) in [6.45, 7) is 7.51. The van der Waals surface area contributed by atoms with E-state index in [9.17, 15) is 4.79 Å². The highest BCUT2D eigenvalue weighted by atomic mass is 35.5. The lowest BCUT2D eigenvalue weighted by Crippen LogP contribution is -2.52. The van der Waals surface area contributed by atoms with Crippen LogP contribution in [0.15, 0.2) is 30.3 Å². The zero-order valence-electron chi connectivity index (χ0n) is 15.1. The number of hydrogen-bond acceptors (Lipinski definition) is 4. The number of carbonyl (C=O) groups is 1. The first-order valence-corrected chi connectivity index (χ1v) is 9.55. The molecule has 0 atom stereocenters. The largest absolute Gasteiger partial charge is 0.368 e. The maximum absolute atomic E-state index is 12.8. The molecule has 0 unspecified atom stereocenters. The lowest BCUT2D eigenvalue weighted by atomic mass is 10.2. The molecule has 0 aliphatic carbocycles. The first kappa shape index (κ1) is 17.2. The number of hydrogen-bond donors (Lipinski definition) is 0. The summed E-state index contributed by atoms with van der Waals surface area (Å²) in [5, 5.41) is 5.25. The third kappa shape index (κ3) is 3.51. The van der Waals surface area contributed by atoms with Crippen molar-refractivity contribution in [3.8, 4) is 0 Å². The standard InChI is InChI=1S/C19H24ClN5O/c1-15-13-18-24(7-2-8-25(18)21-15)14-19(26)23-11-9-22(10-12-23)17-5-3-16(20)4-6-17/h3-6,13H,2,7-12,14H2,1H3. The number of rotatable bonds is 3. The molecule has 4 rings (SSSR count). The molecule has 1 fully saturated rings. The Bertz CT molecular complexity index is 780. The zero-order valence-corrected chi connectivity index (χ0v) is 15.8. The number of nitrogens with zero attached hydrogens (tertiary/aromatic N) is 5. The van der Waals surface area contributed by atoms with Crippen LogP contribution in [0, 0.1) is 6.92 Å². The van der Waals surface area contributed by atoms with Gasteiger partial charge in [-0.15, -0.1) is 0 Å². The van der Waals surface area contributed by atoms with Crippen LogP contribution in [0.4, 0.5) is 11.5 Å². The third-order valence-corrected chi connectivity index (χ3v) is 5.41. The third-order valence-electron chi connectivity index (χ3n) is 5.15. The molecule has 0 bridgehead atoms. The van der Waals surface area contributed by atoms with Gasteiger partial charge in [-0.2, -0.15) is 5.10 Å². The van der Waals surface area contributed by atoms with Crippen LogP contribution >= 0.6 is 11.6 Å². The fourth-order valence-corrected chi connectivity index (χ4v) is 3.89. The van der Waals surface area contributed by atoms with Crippen LogP contribution in [-0.2, 0) is 11.3 Å². The van der Waals surface area contributed by atoms with E-state index >= 15 is 0 Å². The molecule has 0 saturated carbocycles. The van der Waals surface area contributed by atoms with Crippen molar-refractivity contribution in [2.24, 2.45) is 0 Å². The van der Waals surface area contributed by atoms with Crippen molar-refractivity contribution in [3.63, 3.8) is 0 Å². The first-order valence-electron chi connectivity index (χ1n) is 9.18. The molecule has 0 N–H and O–H groups in total. The van der Waals surface area contributed by atoms with Crippen molar-refractivity contribution in [1.29, 1.82) is 0 Å². The summed E-state index contributed by atoms with van der Waals surface area (Å²) in [4.78, 5) is 19.2. The number of amides is 1. The molecule has 2 aliphatic heterocycles. The van der Waals surface area contributed by atoms with E-state index in [1.165, 1.54) is 0 Å². The van der Waals surface area contributed by atoms with Crippen LogP contribution in [-0.4, -0.2) is 59.9 Å². The van der Waals surface area contributed by atoms with Gasteiger partial charge in [0.15, 0.2) is 0 Å². The monoisotopic (exact) mass is 373 g/mol. The van der Waals surface area contributed by atoms with Crippen molar-refractivity contribution in [2.45, 2.75) is 19.9 Å². The zero-order chi connectivity index (χ0) is 18.1. The number of carbonyl (C=O) groups excluding carboxylic acids is 1. The van der Waals surface area contributed by atoms with Gasteiger partial charge in [-0.1, -0.05) is 11.6 Å². The van der Waals surface area contributed by atoms with E-state index in [-0.39, 0.29) is 5.91 Å². The van der Waals surface area contributed by atoms with E-state index in [1.54, 1.807) is 0 Å². The second kappa shape index (κ2) is 7.19. The maximum atomic E-state index is 12.8. The molecule has 1 saturated heterocycles. The highest BCUT2D eigenvalue weighted by molar-refractivity contribution is 6.30. The van der Waals surface area contributed by atoms with Gasteiger partial charge >= 0.3 is 0 Å². The van der Waals surface area contributed by atoms with E-state index in [4.69, 9.17) is 11.6 Å². The lowest BCUT2D eigenvalue weighted by molar-refractivity contribution is -0.130. The predicted molar refractivity (Wildman–Crippen MR) is 104 cm³/mol. The summed E-state index contributed by atoms with van der Waals surface area (Å²) >= 11 is 5.96. The Morgan fingerprint density at radius 1 is 1.08 bits per heavy atom. The molecular weight excluding hydrogens is 350 g/mol. The first-order chi connectivity index (χ1) is 12.6. The minimum absolute atomic E-state index is 0.202. The van der Waals surface area contributed by atoms with E-state index < -0.39 is 0 Å². The van der Waals surface area contributed by atoms with Crippen LogP contribution in [0.1, 0.15) is 12.1 Å². The van der Waals surface area contributed by atoms with Crippen molar-refractivity contribution < 1.29 is 4.79 Å². The molecule has 1 aromatic heterocycles. The molecular formula is C19H24ClN5O. The van der Waals surface area contributed by atoms with Crippen LogP contribution in [0.3, 0.4) is 0 Å². The molecule has 26 heavy (non-hydrogen) atoms. The normalized spacial score (nSPS) is 17.4. The average Bonchev–Trinajstić information content (AvgIpc) is 3.04. The summed E-state index contributed by atoms with van der Waals surface area (Å²) < 4.78 is 2.02. The van der Waals surface area contributed by atoms with Gasteiger partial charge in [0.1, 0.15) is 5.82 Å². The number of anilines is 2. The maximum Gasteiger partial charge on any atom is 0.242 e. The minimum atomic E-state index is 0.202. The van der Waals surface area contributed by atoms with Gasteiger partial charge in [-0.05, 0) is 37.6 Å². The van der Waals surface area contributed by atoms with E-state index in [0.717, 1.165) is 67.9 Å². The molecule has 0 spiro atoms. The SMILES string of the molecule is Cc1cc2n(n1)CCCN2CC(=O)N1CCN(c2ccc(Cl)cc2)CC1. The summed E-state index contributed by atoms with van der Waals surface area (Å²) in [6.07, 6.45) is 1.03. The van der Waals surface area contributed by atoms with Crippen LogP contribution in [0.2, 0.25) is 5.02 Å². The highest BCUT2D eigenvalue weighted by Crippen LogP contribution is 2.22. The quantitative estimate of drug-likeness (QED) is 0.828. The van der Waals surface area contributed by atoms with Crippen molar-refractivity contribution in [2.75, 3.05) is 49.1 Å². The second-order valence-corrected chi connectivity index (χ2v) is 7.42. The molecule has 6 nitrogen and oxygen atoms in total. The van der Waals surface area contributed by atoms with Gasteiger partial charge < -0.3 is 14.7 Å². The Labute approximate surface area is 158 Å². The van der Waals surface area contributed by atoms with E-state index in [1.807, 2.05) is 40.8 Å². The highest BCUT2D eigenvalue weighted by Gasteiger charge is 2.25. The Morgan fingerprint density at radius 3 is 2.54 bits per heavy atom. The van der Waals surface area contributed by atoms with Gasteiger partial charge in [0.2, 0.25) is 5.91 Å². The summed E-state index contributed by atoms with van der Waals surface area (Å²) in [7, 11) is 0.